The Morgan fingerprint density at radius 1 is 0.509 bits per heavy atom. The smallest absolute Gasteiger partial charge is 0.0543 e. The highest BCUT2D eigenvalue weighted by Gasteiger charge is 2.41. The molecule has 7 aromatic carbocycles. The van der Waals surface area contributed by atoms with Gasteiger partial charge in [-0.3, -0.25) is 0 Å². The fraction of sp³-hybridized carbons (Fsp3) is 0.286. The van der Waals surface area contributed by atoms with Crippen molar-refractivity contribution in [2.75, 3.05) is 4.90 Å². The molecule has 2 bridgehead atoms. The van der Waals surface area contributed by atoms with E-state index in [4.69, 9.17) is 0 Å². The van der Waals surface area contributed by atoms with E-state index in [1.54, 1.807) is 0 Å². The minimum Gasteiger partial charge on any atom is -0.309 e. The first-order valence-electron chi connectivity index (χ1n) is 21.9. The fourth-order valence-electron chi connectivity index (χ4n) is 11.9. The molecule has 3 saturated carbocycles. The van der Waals surface area contributed by atoms with E-state index in [1.165, 1.54) is 141 Å². The number of hydrogen-bond acceptors (Lipinski definition) is 1. The zero-order valence-electron chi connectivity index (χ0n) is 33.6. The lowest BCUT2D eigenvalue weighted by Crippen LogP contribution is -2.18. The summed E-state index contributed by atoms with van der Waals surface area (Å²) in [5.41, 5.74) is 17.2. The van der Waals surface area contributed by atoms with Crippen LogP contribution in [-0.2, 0) is 5.41 Å². The monoisotopic (exact) mass is 739 g/mol. The Labute approximate surface area is 339 Å². The number of anilines is 3. The summed E-state index contributed by atoms with van der Waals surface area (Å²) in [5.74, 6) is 3.14. The van der Waals surface area contributed by atoms with Crippen LogP contribution in [0.5, 0.6) is 0 Å². The van der Waals surface area contributed by atoms with Crippen LogP contribution in [0.4, 0.5) is 17.1 Å². The molecule has 1 heteroatoms. The lowest BCUT2D eigenvalue weighted by atomic mass is 9.78. The highest BCUT2D eigenvalue weighted by Crippen LogP contribution is 2.57. The summed E-state index contributed by atoms with van der Waals surface area (Å²) >= 11 is 0. The number of hydrogen-bond donors (Lipinski definition) is 0. The zero-order valence-corrected chi connectivity index (χ0v) is 33.6. The summed E-state index contributed by atoms with van der Waals surface area (Å²) in [6.07, 6.45) is 12.3. The quantitative estimate of drug-likeness (QED) is 0.157. The minimum absolute atomic E-state index is 0.203. The minimum atomic E-state index is -0.203. The first-order valence-corrected chi connectivity index (χ1v) is 21.9. The number of benzene rings is 7. The van der Waals surface area contributed by atoms with Gasteiger partial charge in [-0.15, -0.1) is 0 Å². The van der Waals surface area contributed by atoms with Crippen LogP contribution in [0.2, 0.25) is 0 Å². The van der Waals surface area contributed by atoms with Crippen LogP contribution in [0.25, 0.3) is 44.2 Å². The second-order valence-corrected chi connectivity index (χ2v) is 18.3. The molecule has 3 fully saturated rings. The maximum absolute atomic E-state index is 2.62. The first kappa shape index (κ1) is 34.8. The van der Waals surface area contributed by atoms with E-state index in [9.17, 15) is 0 Å². The van der Waals surface area contributed by atoms with Gasteiger partial charge in [0.1, 0.15) is 0 Å². The maximum Gasteiger partial charge on any atom is 0.0543 e. The summed E-state index contributed by atoms with van der Waals surface area (Å²) in [4.78, 5) is 2.62. The predicted molar refractivity (Wildman–Crippen MR) is 241 cm³/mol. The van der Waals surface area contributed by atoms with Crippen molar-refractivity contribution < 1.29 is 0 Å². The first-order chi connectivity index (χ1) is 28.0. The molecule has 0 heterocycles. The van der Waals surface area contributed by atoms with Crippen LogP contribution < -0.4 is 4.90 Å². The van der Waals surface area contributed by atoms with E-state index < -0.39 is 0 Å². The molecule has 3 atom stereocenters. The van der Waals surface area contributed by atoms with Gasteiger partial charge >= 0.3 is 0 Å². The average Bonchev–Trinajstić information content (AvgIpc) is 3.97. The summed E-state index contributed by atoms with van der Waals surface area (Å²) in [7, 11) is 0. The topological polar surface area (TPSA) is 3.24 Å². The molecule has 1 nitrogen and oxygen atoms in total. The van der Waals surface area contributed by atoms with Gasteiger partial charge in [-0.05, 0) is 148 Å². The van der Waals surface area contributed by atoms with Crippen molar-refractivity contribution in [2.24, 2.45) is 11.8 Å². The Balaban J connectivity index is 1.14. The Kier molecular flexibility index (Phi) is 8.50. The third-order valence-corrected chi connectivity index (χ3v) is 14.7. The molecule has 0 radical (unpaired) electrons. The molecule has 11 rings (SSSR count). The van der Waals surface area contributed by atoms with Gasteiger partial charge in [-0.1, -0.05) is 155 Å². The summed E-state index contributed by atoms with van der Waals surface area (Å²) < 4.78 is 0. The molecule has 57 heavy (non-hydrogen) atoms. The van der Waals surface area contributed by atoms with Crippen molar-refractivity contribution in [2.45, 2.75) is 88.9 Å². The van der Waals surface area contributed by atoms with E-state index in [0.29, 0.717) is 11.8 Å². The molecule has 282 valence electrons. The Hall–Kier alpha value is -5.40. The van der Waals surface area contributed by atoms with Gasteiger partial charge in [-0.25, -0.2) is 0 Å². The van der Waals surface area contributed by atoms with E-state index in [2.05, 4.69) is 170 Å². The maximum atomic E-state index is 2.62. The largest absolute Gasteiger partial charge is 0.309 e. The third kappa shape index (κ3) is 5.88. The van der Waals surface area contributed by atoms with Crippen molar-refractivity contribution in [3.05, 3.63) is 174 Å². The van der Waals surface area contributed by atoms with Crippen molar-refractivity contribution in [1.82, 2.24) is 0 Å². The van der Waals surface area contributed by atoms with Crippen LogP contribution in [0.15, 0.2) is 152 Å². The molecule has 0 aromatic heterocycles. The number of rotatable bonds is 7. The molecule has 0 spiro atoms. The van der Waals surface area contributed by atoms with E-state index in [-0.39, 0.29) is 5.41 Å². The van der Waals surface area contributed by atoms with Gasteiger partial charge < -0.3 is 4.90 Å². The molecule has 0 amide bonds. The van der Waals surface area contributed by atoms with Crippen molar-refractivity contribution >= 4 is 27.8 Å². The highest BCUT2D eigenvalue weighted by molar-refractivity contribution is 6.03. The van der Waals surface area contributed by atoms with Gasteiger partial charge in [0, 0.05) is 22.1 Å². The lowest BCUT2D eigenvalue weighted by Gasteiger charge is -2.32. The normalized spacial score (nSPS) is 20.8. The summed E-state index contributed by atoms with van der Waals surface area (Å²) in [5, 5.41) is 2.64. The van der Waals surface area contributed by atoms with Crippen molar-refractivity contribution in [3.8, 4) is 33.4 Å². The van der Waals surface area contributed by atoms with Crippen LogP contribution in [0, 0.1) is 11.8 Å². The second kappa shape index (κ2) is 13.9. The van der Waals surface area contributed by atoms with Crippen LogP contribution in [0.3, 0.4) is 0 Å². The molecule has 0 N–H and O–H groups in total. The molecular weight excluding hydrogens is 687 g/mol. The van der Waals surface area contributed by atoms with Crippen molar-refractivity contribution in [3.63, 3.8) is 0 Å². The molecule has 4 aliphatic carbocycles. The van der Waals surface area contributed by atoms with Crippen LogP contribution in [-0.4, -0.2) is 0 Å². The van der Waals surface area contributed by atoms with Gasteiger partial charge in [0.15, 0.2) is 0 Å². The number of nitrogens with zero attached hydrogens (tertiary/aromatic N) is 1. The van der Waals surface area contributed by atoms with Gasteiger partial charge in [0.05, 0.1) is 11.4 Å². The van der Waals surface area contributed by atoms with Gasteiger partial charge in [-0.2, -0.15) is 0 Å². The van der Waals surface area contributed by atoms with Crippen LogP contribution in [0.1, 0.15) is 106 Å². The zero-order chi connectivity index (χ0) is 38.1. The van der Waals surface area contributed by atoms with Gasteiger partial charge in [0.2, 0.25) is 0 Å². The molecule has 0 aliphatic heterocycles. The average molecular weight is 740 g/mol. The highest BCUT2D eigenvalue weighted by atomic mass is 15.1. The molecule has 7 aromatic rings. The molecule has 4 aliphatic rings. The molecule has 0 saturated heterocycles. The molecular formula is C56H53N. The lowest BCUT2D eigenvalue weighted by molar-refractivity contribution is 0.420. The summed E-state index contributed by atoms with van der Waals surface area (Å²) in [6, 6.07) is 58.3. The Morgan fingerprint density at radius 3 is 1.93 bits per heavy atom. The standard InChI is InChI=1S/C56H53N/c1-56(2)52-36-54(50(40-18-10-5-11-19-40)35-51(52)47-22-13-21-46(55(47)56)39-16-8-4-9-17-39)57(45-30-28-42(29-31-45)48-33-37-24-25-44(48)32-37)53-23-12-20-41-26-27-43(34-49(41)53)38-14-6-3-7-15-38/h4-5,8-13,16-23,26-31,34-38,44,48H,3,6-7,14-15,24-25,32-33H2,1-2H3. The summed E-state index contributed by atoms with van der Waals surface area (Å²) in [6.45, 7) is 4.89. The van der Waals surface area contributed by atoms with E-state index in [0.717, 1.165) is 11.8 Å². The van der Waals surface area contributed by atoms with E-state index in [1.807, 2.05) is 0 Å². The second-order valence-electron chi connectivity index (χ2n) is 18.3. The van der Waals surface area contributed by atoms with Crippen LogP contribution >= 0.6 is 0 Å². The Bertz CT molecular complexity index is 2590. The van der Waals surface area contributed by atoms with Crippen molar-refractivity contribution in [1.29, 1.82) is 0 Å². The van der Waals surface area contributed by atoms with E-state index >= 15 is 0 Å². The van der Waals surface area contributed by atoms with Gasteiger partial charge in [0.25, 0.3) is 0 Å². The molecule has 3 unspecified atom stereocenters. The fourth-order valence-corrected chi connectivity index (χ4v) is 11.9. The number of fused-ring (bicyclic) bond motifs is 6. The Morgan fingerprint density at radius 2 is 1.21 bits per heavy atom. The predicted octanol–water partition coefficient (Wildman–Crippen LogP) is 15.9. The third-order valence-electron chi connectivity index (χ3n) is 14.7. The SMILES string of the molecule is CC1(C)c2cc(N(c3ccc(C4CC5CCC4C5)cc3)c3cccc4ccc(C5CCCCC5)cc34)c(-c3ccccc3)cc2-c2cccc(-c3ccccc3)c21.